The standard InChI is InChI=1S/C18H28BrN3O/c1-3-20-18(21-11-5-6-12-23-4-2)22-17-13-16(17)14-7-9-15(19)10-8-14/h7-10,16-17H,3-6,11-13H2,1-2H3,(H2,20,21,22). The van der Waals surface area contributed by atoms with E-state index >= 15 is 0 Å². The van der Waals surface area contributed by atoms with Crippen LogP contribution < -0.4 is 10.6 Å². The molecule has 2 atom stereocenters. The van der Waals surface area contributed by atoms with Crippen LogP contribution in [0.4, 0.5) is 0 Å². The van der Waals surface area contributed by atoms with Gasteiger partial charge in [-0.15, -0.1) is 0 Å². The van der Waals surface area contributed by atoms with Crippen molar-refractivity contribution in [2.75, 3.05) is 26.3 Å². The van der Waals surface area contributed by atoms with Crippen LogP contribution in [0.15, 0.2) is 33.7 Å². The molecule has 128 valence electrons. The van der Waals surface area contributed by atoms with Crippen LogP contribution in [0.25, 0.3) is 0 Å². The predicted molar refractivity (Wildman–Crippen MR) is 100 cm³/mol. The van der Waals surface area contributed by atoms with E-state index in [-0.39, 0.29) is 0 Å². The van der Waals surface area contributed by atoms with Gasteiger partial charge in [-0.25, -0.2) is 0 Å². The van der Waals surface area contributed by atoms with Crippen LogP contribution in [0.2, 0.25) is 0 Å². The maximum absolute atomic E-state index is 5.35. The summed E-state index contributed by atoms with van der Waals surface area (Å²) in [5, 5.41) is 6.89. The lowest BCUT2D eigenvalue weighted by atomic mass is 10.1. The Morgan fingerprint density at radius 1 is 1.26 bits per heavy atom. The van der Waals surface area contributed by atoms with Crippen molar-refractivity contribution in [2.45, 2.75) is 45.1 Å². The maximum Gasteiger partial charge on any atom is 0.191 e. The molecule has 2 unspecified atom stereocenters. The minimum Gasteiger partial charge on any atom is -0.382 e. The SMILES string of the molecule is CCNC(=NCCCCOCC)NC1CC1c1ccc(Br)cc1. The Bertz CT molecular complexity index is 490. The van der Waals surface area contributed by atoms with E-state index in [4.69, 9.17) is 4.74 Å². The van der Waals surface area contributed by atoms with Crippen LogP contribution in [0.5, 0.6) is 0 Å². The molecule has 0 spiro atoms. The smallest absolute Gasteiger partial charge is 0.191 e. The van der Waals surface area contributed by atoms with Crippen molar-refractivity contribution in [3.63, 3.8) is 0 Å². The molecule has 1 aliphatic rings. The molecule has 0 aliphatic heterocycles. The number of halogens is 1. The van der Waals surface area contributed by atoms with Crippen LogP contribution in [0.1, 0.15) is 44.6 Å². The van der Waals surface area contributed by atoms with E-state index in [2.05, 4.69) is 62.7 Å². The van der Waals surface area contributed by atoms with E-state index in [1.54, 1.807) is 0 Å². The van der Waals surface area contributed by atoms with E-state index in [0.717, 1.165) is 49.6 Å². The molecule has 1 fully saturated rings. The second-order valence-electron chi connectivity index (χ2n) is 5.81. The largest absolute Gasteiger partial charge is 0.382 e. The normalized spacial score (nSPS) is 20.4. The monoisotopic (exact) mass is 381 g/mol. The lowest BCUT2D eigenvalue weighted by Gasteiger charge is -2.11. The van der Waals surface area contributed by atoms with Crippen molar-refractivity contribution in [3.05, 3.63) is 34.3 Å². The first-order valence-corrected chi connectivity index (χ1v) is 9.42. The van der Waals surface area contributed by atoms with Crippen molar-refractivity contribution >= 4 is 21.9 Å². The van der Waals surface area contributed by atoms with E-state index < -0.39 is 0 Å². The van der Waals surface area contributed by atoms with Gasteiger partial charge in [0.1, 0.15) is 0 Å². The van der Waals surface area contributed by atoms with Gasteiger partial charge in [0.05, 0.1) is 0 Å². The van der Waals surface area contributed by atoms with Gasteiger partial charge in [0.15, 0.2) is 5.96 Å². The topological polar surface area (TPSA) is 45.7 Å². The fourth-order valence-corrected chi connectivity index (χ4v) is 2.84. The van der Waals surface area contributed by atoms with Crippen molar-refractivity contribution in [1.82, 2.24) is 10.6 Å². The Hall–Kier alpha value is -1.07. The van der Waals surface area contributed by atoms with Gasteiger partial charge in [0.25, 0.3) is 0 Å². The molecule has 23 heavy (non-hydrogen) atoms. The molecule has 0 aromatic heterocycles. The van der Waals surface area contributed by atoms with Gasteiger partial charge in [0, 0.05) is 42.7 Å². The third-order valence-corrected chi connectivity index (χ3v) is 4.45. The first-order chi connectivity index (χ1) is 11.2. The second-order valence-corrected chi connectivity index (χ2v) is 6.72. The average molecular weight is 382 g/mol. The number of aliphatic imine (C=N–C) groups is 1. The van der Waals surface area contributed by atoms with E-state index in [1.807, 2.05) is 6.92 Å². The van der Waals surface area contributed by atoms with Crippen molar-refractivity contribution < 1.29 is 4.74 Å². The summed E-state index contributed by atoms with van der Waals surface area (Å²) in [4.78, 5) is 4.66. The lowest BCUT2D eigenvalue weighted by Crippen LogP contribution is -2.39. The molecule has 0 heterocycles. The lowest BCUT2D eigenvalue weighted by molar-refractivity contribution is 0.144. The first kappa shape index (κ1) is 18.3. The highest BCUT2D eigenvalue weighted by atomic mass is 79.9. The van der Waals surface area contributed by atoms with Crippen LogP contribution >= 0.6 is 15.9 Å². The number of ether oxygens (including phenoxy) is 1. The Kier molecular flexibility index (Phi) is 7.89. The zero-order chi connectivity index (χ0) is 16.5. The van der Waals surface area contributed by atoms with Gasteiger partial charge in [0.2, 0.25) is 0 Å². The molecule has 2 rings (SSSR count). The van der Waals surface area contributed by atoms with Gasteiger partial charge in [-0.3, -0.25) is 4.99 Å². The van der Waals surface area contributed by atoms with Crippen LogP contribution in [-0.2, 0) is 4.74 Å². The van der Waals surface area contributed by atoms with Crippen LogP contribution in [-0.4, -0.2) is 38.3 Å². The Balaban J connectivity index is 1.75. The number of nitrogens with one attached hydrogen (secondary N) is 2. The molecule has 1 saturated carbocycles. The maximum atomic E-state index is 5.35. The highest BCUT2D eigenvalue weighted by Gasteiger charge is 2.38. The Morgan fingerprint density at radius 2 is 2.04 bits per heavy atom. The zero-order valence-electron chi connectivity index (χ0n) is 14.1. The van der Waals surface area contributed by atoms with Gasteiger partial charge in [-0.2, -0.15) is 0 Å². The third kappa shape index (κ3) is 6.51. The number of guanidine groups is 1. The van der Waals surface area contributed by atoms with Crippen molar-refractivity contribution in [2.24, 2.45) is 4.99 Å². The number of unbranched alkanes of at least 4 members (excludes halogenated alkanes) is 1. The summed E-state index contributed by atoms with van der Waals surface area (Å²) in [5.74, 6) is 1.54. The molecule has 0 radical (unpaired) electrons. The fourth-order valence-electron chi connectivity index (χ4n) is 2.58. The molecule has 1 aromatic carbocycles. The van der Waals surface area contributed by atoms with Crippen molar-refractivity contribution in [3.8, 4) is 0 Å². The summed E-state index contributed by atoms with van der Waals surface area (Å²) in [6, 6.07) is 9.13. The number of benzene rings is 1. The molecule has 4 nitrogen and oxygen atoms in total. The molecule has 0 bridgehead atoms. The summed E-state index contributed by atoms with van der Waals surface area (Å²) in [7, 11) is 0. The van der Waals surface area contributed by atoms with Crippen LogP contribution in [0, 0.1) is 0 Å². The molecule has 1 aromatic rings. The predicted octanol–water partition coefficient (Wildman–Crippen LogP) is 3.68. The summed E-state index contributed by atoms with van der Waals surface area (Å²) in [6.07, 6.45) is 3.31. The van der Waals surface area contributed by atoms with E-state index in [9.17, 15) is 0 Å². The number of hydrogen-bond acceptors (Lipinski definition) is 2. The quantitative estimate of drug-likeness (QED) is 0.389. The van der Waals surface area contributed by atoms with E-state index in [1.165, 1.54) is 12.0 Å². The molecular weight excluding hydrogens is 354 g/mol. The first-order valence-electron chi connectivity index (χ1n) is 8.62. The minimum absolute atomic E-state index is 0.498. The number of nitrogens with zero attached hydrogens (tertiary/aromatic N) is 1. The second kappa shape index (κ2) is 9.93. The Labute approximate surface area is 148 Å². The van der Waals surface area contributed by atoms with Gasteiger partial charge in [-0.05, 0) is 50.8 Å². The molecule has 0 amide bonds. The average Bonchev–Trinajstić information content (AvgIpc) is 3.30. The van der Waals surface area contributed by atoms with Crippen molar-refractivity contribution in [1.29, 1.82) is 0 Å². The number of rotatable bonds is 9. The summed E-state index contributed by atoms with van der Waals surface area (Å²) in [6.45, 7) is 7.50. The van der Waals surface area contributed by atoms with Gasteiger partial charge in [-0.1, -0.05) is 28.1 Å². The summed E-state index contributed by atoms with van der Waals surface area (Å²) in [5.41, 5.74) is 1.40. The number of hydrogen-bond donors (Lipinski definition) is 2. The minimum atomic E-state index is 0.498. The van der Waals surface area contributed by atoms with Gasteiger partial charge < -0.3 is 15.4 Å². The summed E-state index contributed by atoms with van der Waals surface area (Å²) >= 11 is 3.49. The molecule has 0 saturated heterocycles. The van der Waals surface area contributed by atoms with Crippen LogP contribution in [0.3, 0.4) is 0 Å². The zero-order valence-corrected chi connectivity index (χ0v) is 15.7. The molecule has 5 heteroatoms. The molecule has 1 aliphatic carbocycles. The molecule has 2 N–H and O–H groups in total. The fraction of sp³-hybridized carbons (Fsp3) is 0.611. The third-order valence-electron chi connectivity index (χ3n) is 3.93. The molecular formula is C18H28BrN3O. The van der Waals surface area contributed by atoms with E-state index in [0.29, 0.717) is 12.0 Å². The summed E-state index contributed by atoms with van der Waals surface area (Å²) < 4.78 is 6.48. The van der Waals surface area contributed by atoms with Gasteiger partial charge >= 0.3 is 0 Å². The highest BCUT2D eigenvalue weighted by Crippen LogP contribution is 2.40. The highest BCUT2D eigenvalue weighted by molar-refractivity contribution is 9.10. The Morgan fingerprint density at radius 3 is 2.74 bits per heavy atom.